The van der Waals surface area contributed by atoms with E-state index >= 15 is 0 Å². The number of hydrogen-bond acceptors (Lipinski definition) is 2. The summed E-state index contributed by atoms with van der Waals surface area (Å²) in [6.45, 7) is 0.876. The van der Waals surface area contributed by atoms with E-state index in [1.807, 2.05) is 0 Å². The molecule has 0 aromatic rings. The maximum Gasteiger partial charge on any atom is 0.220 e. The number of alkyl halides is 1. The molecule has 1 amide bonds. The van der Waals surface area contributed by atoms with E-state index in [4.69, 9.17) is 4.74 Å². The third-order valence-corrected chi connectivity index (χ3v) is 5.25. The Kier molecular flexibility index (Phi) is 6.65. The summed E-state index contributed by atoms with van der Waals surface area (Å²) >= 11 is 3.57. The zero-order valence-electron chi connectivity index (χ0n) is 11.7. The minimum atomic E-state index is 0.215. The second kappa shape index (κ2) is 8.25. The molecule has 3 atom stereocenters. The Balaban J connectivity index is 1.67. The molecule has 0 bridgehead atoms. The number of hydrogen-bond donors (Lipinski definition) is 1. The summed E-state index contributed by atoms with van der Waals surface area (Å²) in [6.07, 6.45) is 10.3. The van der Waals surface area contributed by atoms with Gasteiger partial charge in [0.05, 0.1) is 6.10 Å². The summed E-state index contributed by atoms with van der Waals surface area (Å²) in [5.41, 5.74) is 0. The second-order valence-corrected chi connectivity index (χ2v) is 6.55. The van der Waals surface area contributed by atoms with Crippen molar-refractivity contribution in [1.29, 1.82) is 0 Å². The predicted octanol–water partition coefficient (Wildman–Crippen LogP) is 3.41. The van der Waals surface area contributed by atoms with Crippen molar-refractivity contribution in [3.05, 3.63) is 0 Å². The Morgan fingerprint density at radius 2 is 1.95 bits per heavy atom. The average molecular weight is 332 g/mol. The van der Waals surface area contributed by atoms with Crippen LogP contribution in [0.1, 0.15) is 57.8 Å². The molecule has 2 fully saturated rings. The topological polar surface area (TPSA) is 38.3 Å². The van der Waals surface area contributed by atoms with Gasteiger partial charge < -0.3 is 10.1 Å². The first kappa shape index (κ1) is 15.3. The van der Waals surface area contributed by atoms with Gasteiger partial charge in [0.15, 0.2) is 0 Å². The Morgan fingerprint density at radius 1 is 1.16 bits per heavy atom. The van der Waals surface area contributed by atoms with Crippen molar-refractivity contribution in [3.63, 3.8) is 0 Å². The van der Waals surface area contributed by atoms with Crippen LogP contribution in [0.3, 0.4) is 0 Å². The number of amides is 1. The Labute approximate surface area is 125 Å². The van der Waals surface area contributed by atoms with Crippen LogP contribution in [-0.2, 0) is 9.53 Å². The van der Waals surface area contributed by atoms with Gasteiger partial charge in [-0.2, -0.15) is 0 Å². The van der Waals surface area contributed by atoms with E-state index in [2.05, 4.69) is 21.2 Å². The maximum absolute atomic E-state index is 12.0. The van der Waals surface area contributed by atoms with Crippen LogP contribution in [0.25, 0.3) is 0 Å². The molecular formula is C15H26BrNO2. The Bertz CT molecular complexity index is 279. The second-order valence-electron chi connectivity index (χ2n) is 5.90. The van der Waals surface area contributed by atoms with Crippen molar-refractivity contribution >= 4 is 21.8 Å². The fourth-order valence-electron chi connectivity index (χ4n) is 3.19. The molecule has 0 radical (unpaired) electrons. The fraction of sp³-hybridized carbons (Fsp3) is 0.933. The van der Waals surface area contributed by atoms with Gasteiger partial charge in [-0.1, -0.05) is 28.8 Å². The molecule has 1 heterocycles. The van der Waals surface area contributed by atoms with Crippen LogP contribution in [0.15, 0.2) is 0 Å². The molecule has 4 heteroatoms. The van der Waals surface area contributed by atoms with Gasteiger partial charge in [-0.05, 0) is 44.4 Å². The fourth-order valence-corrected chi connectivity index (χ4v) is 3.96. The molecule has 0 aromatic carbocycles. The molecule has 0 aromatic heterocycles. The molecule has 1 aliphatic heterocycles. The average Bonchev–Trinajstić information content (AvgIpc) is 2.47. The van der Waals surface area contributed by atoms with E-state index in [0.29, 0.717) is 24.5 Å². The highest BCUT2D eigenvalue weighted by Crippen LogP contribution is 2.26. The van der Waals surface area contributed by atoms with Crippen molar-refractivity contribution < 1.29 is 9.53 Å². The molecule has 19 heavy (non-hydrogen) atoms. The highest BCUT2D eigenvalue weighted by Gasteiger charge is 2.25. The number of rotatable bonds is 5. The summed E-state index contributed by atoms with van der Waals surface area (Å²) < 4.78 is 5.67. The number of ether oxygens (including phenoxy) is 1. The van der Waals surface area contributed by atoms with Gasteiger partial charge in [0, 0.05) is 24.4 Å². The summed E-state index contributed by atoms with van der Waals surface area (Å²) in [7, 11) is 0. The Morgan fingerprint density at radius 3 is 2.68 bits per heavy atom. The van der Waals surface area contributed by atoms with Crippen LogP contribution in [0.5, 0.6) is 0 Å². The van der Waals surface area contributed by atoms with Gasteiger partial charge in [0.25, 0.3) is 0 Å². The van der Waals surface area contributed by atoms with Crippen molar-refractivity contribution in [1.82, 2.24) is 5.32 Å². The van der Waals surface area contributed by atoms with E-state index in [1.165, 1.54) is 32.1 Å². The zero-order valence-corrected chi connectivity index (χ0v) is 13.3. The summed E-state index contributed by atoms with van der Waals surface area (Å²) in [5, 5.41) is 4.24. The quantitative estimate of drug-likeness (QED) is 0.784. The lowest BCUT2D eigenvalue weighted by Gasteiger charge is -2.31. The molecule has 1 saturated heterocycles. The summed E-state index contributed by atoms with van der Waals surface area (Å²) in [6, 6.07) is 0.382. The van der Waals surface area contributed by atoms with E-state index in [0.717, 1.165) is 31.2 Å². The zero-order chi connectivity index (χ0) is 13.5. The van der Waals surface area contributed by atoms with Gasteiger partial charge in [-0.3, -0.25) is 4.79 Å². The van der Waals surface area contributed by atoms with Crippen LogP contribution in [-0.4, -0.2) is 30.0 Å². The van der Waals surface area contributed by atoms with Crippen LogP contribution in [0.4, 0.5) is 0 Å². The van der Waals surface area contributed by atoms with Crippen LogP contribution in [0.2, 0.25) is 0 Å². The minimum Gasteiger partial charge on any atom is -0.378 e. The number of halogens is 1. The molecule has 1 saturated carbocycles. The molecule has 3 nitrogen and oxygen atoms in total. The lowest BCUT2D eigenvalue weighted by Crippen LogP contribution is -2.43. The van der Waals surface area contributed by atoms with Crippen LogP contribution >= 0.6 is 15.9 Å². The van der Waals surface area contributed by atoms with Gasteiger partial charge in [0.1, 0.15) is 0 Å². The van der Waals surface area contributed by atoms with Crippen molar-refractivity contribution in [2.24, 2.45) is 5.92 Å². The lowest BCUT2D eigenvalue weighted by atomic mass is 9.86. The number of carbonyl (C=O) groups excluding carboxylic acids is 1. The molecule has 0 spiro atoms. The largest absolute Gasteiger partial charge is 0.378 e. The first-order valence-electron chi connectivity index (χ1n) is 7.76. The molecule has 1 aliphatic carbocycles. The highest BCUT2D eigenvalue weighted by molar-refractivity contribution is 9.09. The predicted molar refractivity (Wildman–Crippen MR) is 80.5 cm³/mol. The molecule has 1 N–H and O–H groups in total. The first-order chi connectivity index (χ1) is 9.29. The monoisotopic (exact) mass is 331 g/mol. The Hall–Kier alpha value is -0.0900. The van der Waals surface area contributed by atoms with Crippen molar-refractivity contribution in [2.45, 2.75) is 69.9 Å². The van der Waals surface area contributed by atoms with Gasteiger partial charge >= 0.3 is 0 Å². The highest BCUT2D eigenvalue weighted by atomic mass is 79.9. The molecule has 2 aliphatic rings. The summed E-state index contributed by atoms with van der Waals surface area (Å²) in [5.74, 6) is 0.829. The number of carbonyl (C=O) groups is 1. The molecular weight excluding hydrogens is 306 g/mol. The smallest absolute Gasteiger partial charge is 0.220 e. The SMILES string of the molecule is O=C(CCC1CCCCO1)NC1CCCCC1CBr. The molecule has 110 valence electrons. The first-order valence-corrected chi connectivity index (χ1v) is 8.88. The van der Waals surface area contributed by atoms with Gasteiger partial charge in [-0.25, -0.2) is 0 Å². The van der Waals surface area contributed by atoms with Crippen molar-refractivity contribution in [2.75, 3.05) is 11.9 Å². The molecule has 2 rings (SSSR count). The number of nitrogens with one attached hydrogen (secondary N) is 1. The van der Waals surface area contributed by atoms with Gasteiger partial charge in [-0.15, -0.1) is 0 Å². The van der Waals surface area contributed by atoms with Gasteiger partial charge in [0.2, 0.25) is 5.91 Å². The van der Waals surface area contributed by atoms with E-state index in [9.17, 15) is 4.79 Å². The maximum atomic E-state index is 12.0. The lowest BCUT2D eigenvalue weighted by molar-refractivity contribution is -0.123. The normalized spacial score (nSPS) is 31.9. The van der Waals surface area contributed by atoms with Crippen molar-refractivity contribution in [3.8, 4) is 0 Å². The van der Waals surface area contributed by atoms with E-state index < -0.39 is 0 Å². The minimum absolute atomic E-state index is 0.215. The third kappa shape index (κ3) is 5.07. The summed E-state index contributed by atoms with van der Waals surface area (Å²) in [4.78, 5) is 12.0. The van der Waals surface area contributed by atoms with Crippen LogP contribution < -0.4 is 5.32 Å². The van der Waals surface area contributed by atoms with E-state index in [-0.39, 0.29) is 5.91 Å². The van der Waals surface area contributed by atoms with E-state index in [1.54, 1.807) is 0 Å². The third-order valence-electron chi connectivity index (χ3n) is 4.42. The standard InChI is InChI=1S/C15H26BrNO2/c16-11-12-5-1-2-7-14(12)17-15(18)9-8-13-6-3-4-10-19-13/h12-14H,1-11H2,(H,17,18). The van der Waals surface area contributed by atoms with Crippen LogP contribution in [0, 0.1) is 5.92 Å². The molecule has 3 unspecified atom stereocenters.